The fraction of sp³-hybridized carbons (Fsp3) is 0.375. The highest BCUT2D eigenvalue weighted by atomic mass is 35.5. The van der Waals surface area contributed by atoms with Crippen LogP contribution in [-0.2, 0) is 6.42 Å². The van der Waals surface area contributed by atoms with E-state index in [0.29, 0.717) is 5.88 Å². The lowest BCUT2D eigenvalue weighted by atomic mass is 10.1. The summed E-state index contributed by atoms with van der Waals surface area (Å²) in [5, 5.41) is 0.762. The number of halogens is 2. The highest BCUT2D eigenvalue weighted by Crippen LogP contribution is 2.18. The molecule has 0 unspecified atom stereocenters. The van der Waals surface area contributed by atoms with Gasteiger partial charge in [-0.15, -0.1) is 11.6 Å². The summed E-state index contributed by atoms with van der Waals surface area (Å²) in [4.78, 5) is 4.12. The van der Waals surface area contributed by atoms with E-state index in [-0.39, 0.29) is 0 Å². The van der Waals surface area contributed by atoms with Crippen LogP contribution < -0.4 is 0 Å². The molecule has 1 aromatic rings. The highest BCUT2D eigenvalue weighted by molar-refractivity contribution is 6.31. The van der Waals surface area contributed by atoms with Crippen LogP contribution in [-0.4, -0.2) is 10.9 Å². The van der Waals surface area contributed by atoms with Crippen molar-refractivity contribution in [3.8, 4) is 0 Å². The van der Waals surface area contributed by atoms with E-state index in [1.165, 1.54) is 0 Å². The van der Waals surface area contributed by atoms with Crippen molar-refractivity contribution in [3.05, 3.63) is 28.5 Å². The fourth-order valence-corrected chi connectivity index (χ4v) is 1.44. The molecule has 1 heterocycles. The Balaban J connectivity index is 3.00. The van der Waals surface area contributed by atoms with E-state index in [9.17, 15) is 0 Å². The zero-order valence-electron chi connectivity index (χ0n) is 6.27. The van der Waals surface area contributed by atoms with E-state index in [1.54, 1.807) is 12.3 Å². The summed E-state index contributed by atoms with van der Waals surface area (Å²) in [6.07, 6.45) is 2.50. The fourth-order valence-electron chi connectivity index (χ4n) is 0.961. The molecule has 0 saturated heterocycles. The van der Waals surface area contributed by atoms with Crippen molar-refractivity contribution in [1.82, 2.24) is 4.98 Å². The predicted octanol–water partition coefficient (Wildman–Crippen LogP) is 2.82. The van der Waals surface area contributed by atoms with Crippen molar-refractivity contribution in [1.29, 1.82) is 0 Å². The lowest BCUT2D eigenvalue weighted by Crippen LogP contribution is -1.94. The summed E-state index contributed by atoms with van der Waals surface area (Å²) in [7, 11) is 0. The second kappa shape index (κ2) is 3.93. The molecule has 1 nitrogen and oxygen atoms in total. The molecule has 0 aromatic carbocycles. The summed E-state index contributed by atoms with van der Waals surface area (Å²) < 4.78 is 0. The van der Waals surface area contributed by atoms with Crippen LogP contribution in [0, 0.1) is 6.92 Å². The van der Waals surface area contributed by atoms with Gasteiger partial charge in [-0.05, 0) is 25.0 Å². The molecule has 0 N–H and O–H groups in total. The first-order chi connectivity index (χ1) is 5.25. The van der Waals surface area contributed by atoms with Crippen molar-refractivity contribution in [2.75, 3.05) is 5.88 Å². The molecule has 0 atom stereocenters. The highest BCUT2D eigenvalue weighted by Gasteiger charge is 2.02. The van der Waals surface area contributed by atoms with Gasteiger partial charge < -0.3 is 0 Å². The molecular weight excluding hydrogens is 181 g/mol. The van der Waals surface area contributed by atoms with Gasteiger partial charge in [-0.25, -0.2) is 0 Å². The van der Waals surface area contributed by atoms with Crippen LogP contribution in [0.2, 0.25) is 5.02 Å². The average Bonchev–Trinajstić information content (AvgIpc) is 1.97. The van der Waals surface area contributed by atoms with Gasteiger partial charge in [0.25, 0.3) is 0 Å². The molecule has 0 amide bonds. The Labute approximate surface area is 76.4 Å². The molecule has 0 aliphatic carbocycles. The van der Waals surface area contributed by atoms with E-state index in [2.05, 4.69) is 4.98 Å². The van der Waals surface area contributed by atoms with Crippen LogP contribution in [0.4, 0.5) is 0 Å². The third-order valence-corrected chi connectivity index (χ3v) is 2.10. The van der Waals surface area contributed by atoms with Gasteiger partial charge >= 0.3 is 0 Å². The van der Waals surface area contributed by atoms with Crippen molar-refractivity contribution in [2.45, 2.75) is 13.3 Å². The Kier molecular flexibility index (Phi) is 3.16. The Morgan fingerprint density at radius 1 is 1.55 bits per heavy atom. The van der Waals surface area contributed by atoms with Crippen LogP contribution in [0.1, 0.15) is 11.3 Å². The molecule has 0 spiro atoms. The van der Waals surface area contributed by atoms with Crippen LogP contribution in [0.25, 0.3) is 0 Å². The van der Waals surface area contributed by atoms with Gasteiger partial charge in [0.2, 0.25) is 0 Å². The molecule has 1 aromatic heterocycles. The third-order valence-electron chi connectivity index (χ3n) is 1.56. The van der Waals surface area contributed by atoms with E-state index in [1.807, 2.05) is 6.92 Å². The number of pyridine rings is 1. The summed E-state index contributed by atoms with van der Waals surface area (Å²) in [6.45, 7) is 1.94. The lowest BCUT2D eigenvalue weighted by molar-refractivity contribution is 1.05. The molecule has 60 valence electrons. The first-order valence-corrected chi connectivity index (χ1v) is 4.33. The van der Waals surface area contributed by atoms with Gasteiger partial charge in [-0.2, -0.15) is 0 Å². The number of rotatable bonds is 2. The van der Waals surface area contributed by atoms with E-state index in [4.69, 9.17) is 23.2 Å². The summed E-state index contributed by atoms with van der Waals surface area (Å²) in [6, 6.07) is 1.79. The maximum atomic E-state index is 5.91. The van der Waals surface area contributed by atoms with E-state index < -0.39 is 0 Å². The standard InChI is InChI=1S/C8H9Cl2N/c1-6-7(2-4-9)8(10)3-5-11-6/h3,5H,2,4H2,1H3. The molecule has 0 radical (unpaired) electrons. The molecule has 0 aliphatic rings. The second-order valence-electron chi connectivity index (χ2n) is 2.30. The number of aromatic nitrogens is 1. The predicted molar refractivity (Wildman–Crippen MR) is 48.4 cm³/mol. The Hall–Kier alpha value is -0.270. The van der Waals surface area contributed by atoms with Crippen molar-refractivity contribution in [3.63, 3.8) is 0 Å². The SMILES string of the molecule is Cc1nccc(Cl)c1CCCl. The zero-order valence-corrected chi connectivity index (χ0v) is 7.78. The molecule has 1 rings (SSSR count). The van der Waals surface area contributed by atoms with Gasteiger partial charge in [0, 0.05) is 22.8 Å². The van der Waals surface area contributed by atoms with Gasteiger partial charge in [-0.3, -0.25) is 4.98 Å². The van der Waals surface area contributed by atoms with Crippen molar-refractivity contribution < 1.29 is 0 Å². The minimum absolute atomic E-state index is 0.590. The maximum Gasteiger partial charge on any atom is 0.0471 e. The Bertz CT molecular complexity index is 228. The van der Waals surface area contributed by atoms with Crippen LogP contribution in [0.5, 0.6) is 0 Å². The topological polar surface area (TPSA) is 12.9 Å². The monoisotopic (exact) mass is 189 g/mol. The first-order valence-electron chi connectivity index (χ1n) is 3.41. The first kappa shape index (κ1) is 8.82. The quantitative estimate of drug-likeness (QED) is 0.653. The van der Waals surface area contributed by atoms with E-state index >= 15 is 0 Å². The normalized spacial score (nSPS) is 10.1. The second-order valence-corrected chi connectivity index (χ2v) is 3.08. The number of aryl methyl sites for hydroxylation is 1. The third kappa shape index (κ3) is 2.08. The smallest absolute Gasteiger partial charge is 0.0471 e. The van der Waals surface area contributed by atoms with Crippen LogP contribution in [0.15, 0.2) is 12.3 Å². The van der Waals surface area contributed by atoms with Crippen LogP contribution >= 0.6 is 23.2 Å². The number of hydrogen-bond acceptors (Lipinski definition) is 1. The van der Waals surface area contributed by atoms with Gasteiger partial charge in [0.15, 0.2) is 0 Å². The van der Waals surface area contributed by atoms with Crippen molar-refractivity contribution in [2.24, 2.45) is 0 Å². The largest absolute Gasteiger partial charge is 0.261 e. The molecule has 11 heavy (non-hydrogen) atoms. The Morgan fingerprint density at radius 3 is 2.82 bits per heavy atom. The molecule has 0 aliphatic heterocycles. The summed E-state index contributed by atoms with van der Waals surface area (Å²) >= 11 is 11.5. The van der Waals surface area contributed by atoms with Gasteiger partial charge in [-0.1, -0.05) is 11.6 Å². The summed E-state index contributed by atoms with van der Waals surface area (Å²) in [5.41, 5.74) is 2.03. The lowest BCUT2D eigenvalue weighted by Gasteiger charge is -2.03. The number of alkyl halides is 1. The average molecular weight is 190 g/mol. The minimum Gasteiger partial charge on any atom is -0.261 e. The Morgan fingerprint density at radius 2 is 2.27 bits per heavy atom. The molecular formula is C8H9Cl2N. The minimum atomic E-state index is 0.590. The molecule has 0 bridgehead atoms. The molecule has 3 heteroatoms. The summed E-state index contributed by atoms with van der Waals surface area (Å²) in [5.74, 6) is 0.590. The van der Waals surface area contributed by atoms with Gasteiger partial charge in [0.1, 0.15) is 0 Å². The van der Waals surface area contributed by atoms with E-state index in [0.717, 1.165) is 22.7 Å². The molecule has 0 fully saturated rings. The van der Waals surface area contributed by atoms with Crippen molar-refractivity contribution >= 4 is 23.2 Å². The number of hydrogen-bond donors (Lipinski definition) is 0. The zero-order chi connectivity index (χ0) is 8.27. The molecule has 0 saturated carbocycles. The van der Waals surface area contributed by atoms with Crippen LogP contribution in [0.3, 0.4) is 0 Å². The number of nitrogens with zero attached hydrogens (tertiary/aromatic N) is 1. The van der Waals surface area contributed by atoms with Gasteiger partial charge in [0.05, 0.1) is 0 Å². The maximum absolute atomic E-state index is 5.91.